The van der Waals surface area contributed by atoms with Crippen molar-refractivity contribution in [3.8, 4) is 0 Å². The summed E-state index contributed by atoms with van der Waals surface area (Å²) in [5.74, 6) is 1.91. The van der Waals surface area contributed by atoms with E-state index >= 15 is 0 Å². The predicted octanol–water partition coefficient (Wildman–Crippen LogP) is 3.19. The highest BCUT2D eigenvalue weighted by atomic mass is 16.5. The number of methoxy groups -OCH3 is 1. The smallest absolute Gasteiger partial charge is 0.229 e. The lowest BCUT2D eigenvalue weighted by molar-refractivity contribution is 0.0903. The Hall–Kier alpha value is -0.940. The van der Waals surface area contributed by atoms with E-state index in [-0.39, 0.29) is 6.10 Å². The van der Waals surface area contributed by atoms with Gasteiger partial charge in [0.1, 0.15) is 6.10 Å². The highest BCUT2D eigenvalue weighted by Crippen LogP contribution is 2.32. The molecule has 5 nitrogen and oxygen atoms in total. The summed E-state index contributed by atoms with van der Waals surface area (Å²) in [7, 11) is 1.69. The van der Waals surface area contributed by atoms with E-state index in [9.17, 15) is 0 Å². The number of nitrogens with one attached hydrogen (secondary N) is 1. The molecule has 1 unspecified atom stereocenters. The van der Waals surface area contributed by atoms with Gasteiger partial charge in [0.15, 0.2) is 0 Å². The van der Waals surface area contributed by atoms with E-state index in [2.05, 4.69) is 29.3 Å². The lowest BCUT2D eigenvalue weighted by Crippen LogP contribution is -2.33. The van der Waals surface area contributed by atoms with Crippen molar-refractivity contribution in [1.82, 2.24) is 15.5 Å². The monoisotopic (exact) mass is 281 g/mol. The molecule has 1 heterocycles. The maximum absolute atomic E-state index is 5.44. The molecule has 1 saturated carbocycles. The van der Waals surface area contributed by atoms with Gasteiger partial charge in [-0.2, -0.15) is 4.98 Å². The Morgan fingerprint density at radius 3 is 2.65 bits per heavy atom. The molecule has 0 aromatic carbocycles. The zero-order chi connectivity index (χ0) is 14.4. The standard InChI is InChI=1S/C15H27N3O2/c1-4-10-16-12-8-6-11(7-9-12)15-17-14(18-20-15)13(5-2)19-3/h11-13,16H,4-10H2,1-3H3. The average molecular weight is 281 g/mol. The Balaban J connectivity index is 1.87. The topological polar surface area (TPSA) is 60.2 Å². The zero-order valence-electron chi connectivity index (χ0n) is 12.9. The lowest BCUT2D eigenvalue weighted by Gasteiger charge is -2.27. The van der Waals surface area contributed by atoms with Crippen molar-refractivity contribution >= 4 is 0 Å². The molecule has 1 N–H and O–H groups in total. The van der Waals surface area contributed by atoms with Crippen molar-refractivity contribution in [1.29, 1.82) is 0 Å². The first-order valence-electron chi connectivity index (χ1n) is 7.88. The van der Waals surface area contributed by atoms with Crippen LogP contribution in [0.2, 0.25) is 0 Å². The predicted molar refractivity (Wildman–Crippen MR) is 77.6 cm³/mol. The van der Waals surface area contributed by atoms with Gasteiger partial charge in [0.05, 0.1) is 0 Å². The number of rotatable bonds is 7. The molecule has 1 aliphatic rings. The third-order valence-corrected chi connectivity index (χ3v) is 4.16. The van der Waals surface area contributed by atoms with Crippen molar-refractivity contribution in [3.05, 3.63) is 11.7 Å². The largest absolute Gasteiger partial charge is 0.373 e. The summed E-state index contributed by atoms with van der Waals surface area (Å²) in [5.41, 5.74) is 0. The van der Waals surface area contributed by atoms with Gasteiger partial charge in [-0.05, 0) is 45.1 Å². The molecule has 1 aromatic rings. The second-order valence-electron chi connectivity index (χ2n) is 5.63. The highest BCUT2D eigenvalue weighted by molar-refractivity contribution is 4.99. The number of ether oxygens (including phenoxy) is 1. The first kappa shape index (κ1) is 15.4. The van der Waals surface area contributed by atoms with Gasteiger partial charge < -0.3 is 14.6 Å². The van der Waals surface area contributed by atoms with Crippen molar-refractivity contribution in [2.24, 2.45) is 0 Å². The summed E-state index contributed by atoms with van der Waals surface area (Å²) >= 11 is 0. The molecule has 0 saturated heterocycles. The molecular formula is C15H27N3O2. The summed E-state index contributed by atoms with van der Waals surface area (Å²) in [6.07, 6.45) is 6.67. The lowest BCUT2D eigenvalue weighted by atomic mass is 9.86. The van der Waals surface area contributed by atoms with Gasteiger partial charge in [0.2, 0.25) is 11.7 Å². The number of aromatic nitrogens is 2. The molecule has 1 aromatic heterocycles. The molecule has 1 fully saturated rings. The normalized spacial score (nSPS) is 24.8. The minimum absolute atomic E-state index is 0.0462. The van der Waals surface area contributed by atoms with Crippen LogP contribution in [0.15, 0.2) is 4.52 Å². The van der Waals surface area contributed by atoms with Gasteiger partial charge in [0.25, 0.3) is 0 Å². The third-order valence-electron chi connectivity index (χ3n) is 4.16. The van der Waals surface area contributed by atoms with E-state index in [0.29, 0.717) is 17.8 Å². The minimum Gasteiger partial charge on any atom is -0.373 e. The van der Waals surface area contributed by atoms with Crippen molar-refractivity contribution < 1.29 is 9.26 Å². The third kappa shape index (κ3) is 3.79. The second kappa shape index (κ2) is 7.74. The first-order valence-corrected chi connectivity index (χ1v) is 7.88. The highest BCUT2D eigenvalue weighted by Gasteiger charge is 2.27. The van der Waals surface area contributed by atoms with Crippen LogP contribution in [0.1, 0.15) is 76.1 Å². The van der Waals surface area contributed by atoms with Crippen LogP contribution in [0.5, 0.6) is 0 Å². The number of hydrogen-bond acceptors (Lipinski definition) is 5. The Labute approximate surface area is 121 Å². The van der Waals surface area contributed by atoms with Gasteiger partial charge in [-0.3, -0.25) is 0 Å². The van der Waals surface area contributed by atoms with E-state index in [4.69, 9.17) is 9.26 Å². The fourth-order valence-electron chi connectivity index (χ4n) is 2.89. The Morgan fingerprint density at radius 1 is 1.30 bits per heavy atom. The van der Waals surface area contributed by atoms with E-state index in [1.54, 1.807) is 7.11 Å². The summed E-state index contributed by atoms with van der Waals surface area (Å²) in [6, 6.07) is 0.663. The molecule has 5 heteroatoms. The Kier molecular flexibility index (Phi) is 5.98. The van der Waals surface area contributed by atoms with Crippen LogP contribution in [0.3, 0.4) is 0 Å². The molecule has 2 rings (SSSR count). The van der Waals surface area contributed by atoms with Crippen LogP contribution in [-0.4, -0.2) is 29.8 Å². The molecular weight excluding hydrogens is 254 g/mol. The van der Waals surface area contributed by atoms with Gasteiger partial charge in [-0.25, -0.2) is 0 Å². The summed E-state index contributed by atoms with van der Waals surface area (Å²) < 4.78 is 10.8. The fourth-order valence-corrected chi connectivity index (χ4v) is 2.89. The maximum Gasteiger partial charge on any atom is 0.229 e. The Bertz CT molecular complexity index is 382. The molecule has 20 heavy (non-hydrogen) atoms. The van der Waals surface area contributed by atoms with Gasteiger partial charge in [0, 0.05) is 19.1 Å². The van der Waals surface area contributed by atoms with Gasteiger partial charge in [-0.15, -0.1) is 0 Å². The number of nitrogens with zero attached hydrogens (tertiary/aromatic N) is 2. The molecule has 0 bridgehead atoms. The van der Waals surface area contributed by atoms with E-state index in [1.165, 1.54) is 19.3 Å². The van der Waals surface area contributed by atoms with Crippen LogP contribution in [0.25, 0.3) is 0 Å². The van der Waals surface area contributed by atoms with E-state index < -0.39 is 0 Å². The van der Waals surface area contributed by atoms with Crippen LogP contribution in [-0.2, 0) is 4.74 Å². The fraction of sp³-hybridized carbons (Fsp3) is 0.867. The summed E-state index contributed by atoms with van der Waals surface area (Å²) in [5, 5.41) is 7.67. The van der Waals surface area contributed by atoms with Crippen molar-refractivity contribution in [3.63, 3.8) is 0 Å². The van der Waals surface area contributed by atoms with Crippen LogP contribution in [0, 0.1) is 0 Å². The first-order chi connectivity index (χ1) is 9.78. The quantitative estimate of drug-likeness (QED) is 0.831. The summed E-state index contributed by atoms with van der Waals surface area (Å²) in [6.45, 7) is 5.39. The maximum atomic E-state index is 5.44. The van der Waals surface area contributed by atoms with Crippen LogP contribution in [0.4, 0.5) is 0 Å². The molecule has 0 radical (unpaired) electrons. The molecule has 1 aliphatic carbocycles. The molecule has 1 atom stereocenters. The van der Waals surface area contributed by atoms with Crippen molar-refractivity contribution in [2.75, 3.05) is 13.7 Å². The molecule has 0 amide bonds. The van der Waals surface area contributed by atoms with E-state index in [0.717, 1.165) is 31.7 Å². The van der Waals surface area contributed by atoms with Crippen molar-refractivity contribution in [2.45, 2.75) is 70.4 Å². The number of hydrogen-bond donors (Lipinski definition) is 1. The minimum atomic E-state index is -0.0462. The Morgan fingerprint density at radius 2 is 2.05 bits per heavy atom. The van der Waals surface area contributed by atoms with E-state index in [1.807, 2.05) is 0 Å². The molecule has 0 spiro atoms. The van der Waals surface area contributed by atoms with Crippen LogP contribution >= 0.6 is 0 Å². The second-order valence-corrected chi connectivity index (χ2v) is 5.63. The molecule has 0 aliphatic heterocycles. The average Bonchev–Trinajstić information content (AvgIpc) is 2.97. The van der Waals surface area contributed by atoms with Gasteiger partial charge >= 0.3 is 0 Å². The van der Waals surface area contributed by atoms with Gasteiger partial charge in [-0.1, -0.05) is 19.0 Å². The SMILES string of the molecule is CCCNC1CCC(c2nc(C(CC)OC)no2)CC1. The summed E-state index contributed by atoms with van der Waals surface area (Å²) in [4.78, 5) is 4.54. The molecule has 114 valence electrons. The zero-order valence-corrected chi connectivity index (χ0v) is 12.9. The van der Waals surface area contributed by atoms with Crippen LogP contribution < -0.4 is 5.32 Å².